The van der Waals surface area contributed by atoms with E-state index in [0.29, 0.717) is 5.92 Å². The van der Waals surface area contributed by atoms with E-state index in [2.05, 4.69) is 39.8 Å². The fourth-order valence-electron chi connectivity index (χ4n) is 5.95. The number of rotatable bonds is 2. The number of aliphatic hydroxyl groups excluding tert-OH is 2. The Morgan fingerprint density at radius 3 is 2.62 bits per heavy atom. The molecule has 0 aromatic heterocycles. The van der Waals surface area contributed by atoms with Gasteiger partial charge in [-0.3, -0.25) is 0 Å². The number of hydrogen-bond acceptors (Lipinski definition) is 4. The van der Waals surface area contributed by atoms with E-state index in [0.717, 1.165) is 19.3 Å². The third kappa shape index (κ3) is 1.78. The third-order valence-corrected chi connectivity index (χ3v) is 7.57. The van der Waals surface area contributed by atoms with E-state index in [-0.39, 0.29) is 24.0 Å². The molecule has 2 heterocycles. The molecule has 4 rings (SSSR count). The smallest absolute Gasteiger partial charge is 0.198 e. The normalized spacial score (nSPS) is 52.8. The van der Waals surface area contributed by atoms with Crippen LogP contribution in [0.3, 0.4) is 0 Å². The molecule has 0 spiro atoms. The Morgan fingerprint density at radius 2 is 2.00 bits per heavy atom. The van der Waals surface area contributed by atoms with Gasteiger partial charge in [0.15, 0.2) is 5.79 Å². The predicted octanol–water partition coefficient (Wildman–Crippen LogP) is 2.39. The molecular formula is C20H30O4. The summed E-state index contributed by atoms with van der Waals surface area (Å²) in [7, 11) is 0. The second kappa shape index (κ2) is 4.94. The summed E-state index contributed by atoms with van der Waals surface area (Å²) in [6.07, 6.45) is 5.83. The first-order valence-corrected chi connectivity index (χ1v) is 9.31. The van der Waals surface area contributed by atoms with Crippen molar-refractivity contribution in [3.63, 3.8) is 0 Å². The fraction of sp³-hybridized carbons (Fsp3) is 0.800. The van der Waals surface area contributed by atoms with Gasteiger partial charge in [-0.1, -0.05) is 45.4 Å². The van der Waals surface area contributed by atoms with Crippen molar-refractivity contribution in [1.82, 2.24) is 0 Å². The average molecular weight is 334 g/mol. The molecule has 4 nitrogen and oxygen atoms in total. The SMILES string of the molecule is CC(C)C1=C2[C@H]3C[C@H]4O[C@](O)([C@H](O)[C@H]4CO)[C@]3(C)CC[C@@]2(C)C=C1. The lowest BCUT2D eigenvalue weighted by atomic mass is 9.52. The first-order valence-electron chi connectivity index (χ1n) is 9.31. The Balaban J connectivity index is 1.86. The van der Waals surface area contributed by atoms with E-state index < -0.39 is 23.2 Å². The minimum atomic E-state index is -1.56. The standard InChI is InChI=1S/C20H30O4/c1-11(2)12-5-6-18(3)7-8-19(4)14(16(12)18)9-15-13(10-21)17(22)20(19,23)24-15/h5-6,11,13-15,17,21-23H,7-10H2,1-4H3/t13-,14+,15+,17+,18+,19+,20+/m0/s1. The van der Waals surface area contributed by atoms with Crippen LogP contribution in [0, 0.1) is 28.6 Å². The Labute approximate surface area is 144 Å². The monoisotopic (exact) mass is 334 g/mol. The molecule has 3 fully saturated rings. The molecule has 7 atom stereocenters. The van der Waals surface area contributed by atoms with Gasteiger partial charge in [-0.15, -0.1) is 0 Å². The number of hydrogen-bond donors (Lipinski definition) is 3. The fourth-order valence-corrected chi connectivity index (χ4v) is 5.95. The molecule has 0 amide bonds. The third-order valence-electron chi connectivity index (χ3n) is 7.57. The van der Waals surface area contributed by atoms with E-state index in [4.69, 9.17) is 4.74 Å². The van der Waals surface area contributed by atoms with Crippen molar-refractivity contribution in [3.05, 3.63) is 23.3 Å². The van der Waals surface area contributed by atoms with Crippen LogP contribution >= 0.6 is 0 Å². The Bertz CT molecular complexity index is 623. The summed E-state index contributed by atoms with van der Waals surface area (Å²) in [5.74, 6) is -1.35. The van der Waals surface area contributed by atoms with E-state index in [1.54, 1.807) is 0 Å². The van der Waals surface area contributed by atoms with Crippen LogP contribution in [0.4, 0.5) is 0 Å². The van der Waals surface area contributed by atoms with Crippen LogP contribution in [0.15, 0.2) is 23.3 Å². The zero-order valence-corrected chi connectivity index (χ0v) is 15.1. The second-order valence-corrected chi connectivity index (χ2v) is 9.12. The quantitative estimate of drug-likeness (QED) is 0.725. The van der Waals surface area contributed by atoms with Crippen LogP contribution in [0.5, 0.6) is 0 Å². The van der Waals surface area contributed by atoms with Gasteiger partial charge in [0.25, 0.3) is 0 Å². The number of ether oxygens (including phenoxy) is 1. The van der Waals surface area contributed by atoms with Gasteiger partial charge in [0.1, 0.15) is 6.10 Å². The topological polar surface area (TPSA) is 69.9 Å². The van der Waals surface area contributed by atoms with Crippen LogP contribution in [0.25, 0.3) is 0 Å². The second-order valence-electron chi connectivity index (χ2n) is 9.12. The maximum absolute atomic E-state index is 11.3. The summed E-state index contributed by atoms with van der Waals surface area (Å²) in [5, 5.41) is 31.8. The highest BCUT2D eigenvalue weighted by Gasteiger charge is 2.71. The van der Waals surface area contributed by atoms with Crippen molar-refractivity contribution >= 4 is 0 Å². The summed E-state index contributed by atoms with van der Waals surface area (Å²) < 4.78 is 5.95. The van der Waals surface area contributed by atoms with Gasteiger partial charge in [-0.2, -0.15) is 0 Å². The molecule has 4 heteroatoms. The Kier molecular flexibility index (Phi) is 3.45. The van der Waals surface area contributed by atoms with Gasteiger partial charge in [0.05, 0.1) is 12.7 Å². The highest BCUT2D eigenvalue weighted by atomic mass is 16.7. The Hall–Kier alpha value is -0.680. The number of allylic oxidation sites excluding steroid dienone is 4. The van der Waals surface area contributed by atoms with Crippen LogP contribution in [-0.4, -0.2) is 39.9 Å². The van der Waals surface area contributed by atoms with Crippen LogP contribution < -0.4 is 0 Å². The highest BCUT2D eigenvalue weighted by molar-refractivity contribution is 5.46. The number of fused-ring (bicyclic) bond motifs is 6. The van der Waals surface area contributed by atoms with Crippen molar-refractivity contribution in [2.24, 2.45) is 28.6 Å². The van der Waals surface area contributed by atoms with Crippen LogP contribution in [0.2, 0.25) is 0 Å². The van der Waals surface area contributed by atoms with Gasteiger partial charge in [-0.05, 0) is 36.7 Å². The largest absolute Gasteiger partial charge is 0.396 e. The van der Waals surface area contributed by atoms with Gasteiger partial charge in [0, 0.05) is 16.7 Å². The van der Waals surface area contributed by atoms with Crippen molar-refractivity contribution in [1.29, 1.82) is 0 Å². The highest BCUT2D eigenvalue weighted by Crippen LogP contribution is 2.67. The summed E-state index contributed by atoms with van der Waals surface area (Å²) in [6, 6.07) is 0. The van der Waals surface area contributed by atoms with Crippen molar-refractivity contribution in [2.75, 3.05) is 6.61 Å². The molecule has 134 valence electrons. The zero-order valence-electron chi connectivity index (χ0n) is 15.1. The summed E-state index contributed by atoms with van der Waals surface area (Å²) in [6.45, 7) is 8.66. The molecule has 3 N–H and O–H groups in total. The lowest BCUT2D eigenvalue weighted by molar-refractivity contribution is -0.327. The molecule has 2 aliphatic carbocycles. The van der Waals surface area contributed by atoms with Gasteiger partial charge in [-0.25, -0.2) is 0 Å². The molecule has 4 aliphatic rings. The van der Waals surface area contributed by atoms with Gasteiger partial charge >= 0.3 is 0 Å². The molecule has 1 saturated carbocycles. The molecule has 0 radical (unpaired) electrons. The molecule has 24 heavy (non-hydrogen) atoms. The van der Waals surface area contributed by atoms with Crippen molar-refractivity contribution < 1.29 is 20.1 Å². The van der Waals surface area contributed by atoms with Gasteiger partial charge < -0.3 is 20.1 Å². The molecule has 2 aliphatic heterocycles. The maximum Gasteiger partial charge on any atom is 0.198 e. The summed E-state index contributed by atoms with van der Waals surface area (Å²) in [4.78, 5) is 0. The van der Waals surface area contributed by atoms with E-state index >= 15 is 0 Å². The lowest BCUT2D eigenvalue weighted by Gasteiger charge is -2.58. The number of aliphatic hydroxyl groups is 3. The van der Waals surface area contributed by atoms with Crippen LogP contribution in [0.1, 0.15) is 47.0 Å². The zero-order chi connectivity index (χ0) is 17.5. The predicted molar refractivity (Wildman–Crippen MR) is 91.0 cm³/mol. The maximum atomic E-state index is 11.3. The first-order chi connectivity index (χ1) is 11.2. The van der Waals surface area contributed by atoms with E-state index in [9.17, 15) is 15.3 Å². The van der Waals surface area contributed by atoms with Crippen molar-refractivity contribution in [2.45, 2.75) is 65.0 Å². The molecule has 0 aromatic rings. The molecule has 0 unspecified atom stereocenters. The lowest BCUT2D eigenvalue weighted by Crippen LogP contribution is -2.62. The minimum Gasteiger partial charge on any atom is -0.396 e. The van der Waals surface area contributed by atoms with Crippen molar-refractivity contribution in [3.8, 4) is 0 Å². The minimum absolute atomic E-state index is 0.0522. The molecular weight excluding hydrogens is 304 g/mol. The summed E-state index contributed by atoms with van der Waals surface area (Å²) in [5.41, 5.74) is 2.35. The molecule has 2 bridgehead atoms. The van der Waals surface area contributed by atoms with Crippen LogP contribution in [-0.2, 0) is 4.74 Å². The van der Waals surface area contributed by atoms with E-state index in [1.807, 2.05) is 0 Å². The Morgan fingerprint density at radius 1 is 1.29 bits per heavy atom. The first kappa shape index (κ1) is 16.8. The summed E-state index contributed by atoms with van der Waals surface area (Å²) >= 11 is 0. The molecule has 0 aromatic carbocycles. The molecule has 2 saturated heterocycles. The van der Waals surface area contributed by atoms with E-state index in [1.165, 1.54) is 11.1 Å². The average Bonchev–Trinajstić information content (AvgIpc) is 2.97. The van der Waals surface area contributed by atoms with Gasteiger partial charge in [0.2, 0.25) is 0 Å².